The average Bonchev–Trinajstić information content (AvgIpc) is 3.51. The number of carbonyl (C=O) groups is 1. The van der Waals surface area contributed by atoms with Crippen LogP contribution >= 0.6 is 0 Å². The Kier molecular flexibility index (Phi) is 5.25. The van der Waals surface area contributed by atoms with Crippen LogP contribution in [0.15, 0.2) is 36.4 Å². The van der Waals surface area contributed by atoms with E-state index in [1.807, 2.05) is 41.3 Å². The van der Waals surface area contributed by atoms with Crippen molar-refractivity contribution in [2.45, 2.75) is 38.8 Å². The number of likely N-dealkylation sites (N-methyl/N-ethyl adjacent to an activating group) is 1. The van der Waals surface area contributed by atoms with Gasteiger partial charge in [0, 0.05) is 31.4 Å². The highest BCUT2D eigenvalue weighted by Crippen LogP contribution is 2.33. The Balaban J connectivity index is 1.40. The van der Waals surface area contributed by atoms with E-state index in [9.17, 15) is 4.79 Å². The van der Waals surface area contributed by atoms with Crippen molar-refractivity contribution in [1.82, 2.24) is 4.90 Å². The number of nitrogens with zero attached hydrogens (tertiary/aromatic N) is 1. The molecular weight excluding hydrogens is 380 g/mol. The zero-order valence-corrected chi connectivity index (χ0v) is 17.5. The summed E-state index contributed by atoms with van der Waals surface area (Å²) >= 11 is 0. The van der Waals surface area contributed by atoms with Crippen molar-refractivity contribution in [3.8, 4) is 17.2 Å². The third-order valence-electron chi connectivity index (χ3n) is 6.56. The number of rotatable bonds is 6. The highest BCUT2D eigenvalue weighted by Gasteiger charge is 2.31. The van der Waals surface area contributed by atoms with Crippen molar-refractivity contribution in [3.63, 3.8) is 0 Å². The molecule has 3 heterocycles. The quantitative estimate of drug-likeness (QED) is 0.794. The first-order chi connectivity index (χ1) is 14.7. The van der Waals surface area contributed by atoms with Crippen LogP contribution in [0.4, 0.5) is 0 Å². The minimum absolute atomic E-state index is 0.0877. The maximum absolute atomic E-state index is 13.6. The molecule has 3 aliphatic heterocycles. The van der Waals surface area contributed by atoms with E-state index in [2.05, 4.69) is 6.92 Å². The van der Waals surface area contributed by atoms with E-state index in [1.54, 1.807) is 4.90 Å². The Morgan fingerprint density at radius 1 is 1.10 bits per heavy atom. The number of nitrogens with one attached hydrogen (secondary N) is 1. The van der Waals surface area contributed by atoms with Gasteiger partial charge in [0.05, 0.1) is 26.2 Å². The van der Waals surface area contributed by atoms with Crippen LogP contribution in [0, 0.1) is 0 Å². The average molecular weight is 410 g/mol. The van der Waals surface area contributed by atoms with Gasteiger partial charge in [0.15, 0.2) is 11.5 Å². The molecule has 0 radical (unpaired) electrons. The Morgan fingerprint density at radius 2 is 1.97 bits per heavy atom. The van der Waals surface area contributed by atoms with Crippen LogP contribution in [0.3, 0.4) is 0 Å². The lowest BCUT2D eigenvalue weighted by Crippen LogP contribution is -3.14. The monoisotopic (exact) mass is 409 g/mol. The Hall–Kier alpha value is -2.73. The molecule has 5 rings (SSSR count). The first-order valence-electron chi connectivity index (χ1n) is 11.0. The molecule has 0 aliphatic carbocycles. The lowest BCUT2D eigenvalue weighted by Gasteiger charge is -2.29. The van der Waals surface area contributed by atoms with E-state index >= 15 is 0 Å². The van der Waals surface area contributed by atoms with Crippen molar-refractivity contribution < 1.29 is 23.9 Å². The summed E-state index contributed by atoms with van der Waals surface area (Å²) in [6.07, 6.45) is 3.27. The lowest BCUT2D eigenvalue weighted by atomic mass is 10.1. The number of hydrogen-bond donors (Lipinski definition) is 1. The van der Waals surface area contributed by atoms with E-state index in [-0.39, 0.29) is 12.7 Å². The number of likely N-dealkylation sites (tertiary alicyclic amines) is 1. The highest BCUT2D eigenvalue weighted by atomic mass is 16.7. The van der Waals surface area contributed by atoms with Gasteiger partial charge in [0.2, 0.25) is 6.79 Å². The molecule has 0 bridgehead atoms. The number of amides is 1. The number of hydrogen-bond acceptors (Lipinski definition) is 4. The van der Waals surface area contributed by atoms with Gasteiger partial charge in [-0.1, -0.05) is 6.07 Å². The van der Waals surface area contributed by atoms with E-state index < -0.39 is 0 Å². The summed E-state index contributed by atoms with van der Waals surface area (Å²) in [6, 6.07) is 12.3. The normalized spacial score (nSPS) is 21.4. The van der Waals surface area contributed by atoms with Crippen LogP contribution < -0.4 is 19.1 Å². The first kappa shape index (κ1) is 19.2. The molecule has 0 spiro atoms. The molecule has 0 saturated carbocycles. The van der Waals surface area contributed by atoms with Crippen molar-refractivity contribution in [1.29, 1.82) is 0 Å². The lowest BCUT2D eigenvalue weighted by molar-refractivity contribution is -0.909. The van der Waals surface area contributed by atoms with Gasteiger partial charge in [-0.3, -0.25) is 4.79 Å². The largest absolute Gasteiger partial charge is 0.493 e. The Bertz CT molecular complexity index is 945. The zero-order valence-electron chi connectivity index (χ0n) is 17.5. The number of benzene rings is 2. The van der Waals surface area contributed by atoms with Crippen LogP contribution in [-0.4, -0.2) is 49.9 Å². The summed E-state index contributed by atoms with van der Waals surface area (Å²) in [6.45, 7) is 6.83. The summed E-state index contributed by atoms with van der Waals surface area (Å²) < 4.78 is 16.6. The standard InChI is InChI=1S/C24H28N2O4/c1-2-25-10-3-4-20(25)15-26(14-17-5-7-22-23(12-17)30-16-29-22)24(27)19-6-8-21-18(13-19)9-11-28-21/h5-8,12-13,20H,2-4,9-11,14-16H2,1H3/p+1/t20-/m1/s1. The van der Waals surface area contributed by atoms with Crippen molar-refractivity contribution >= 4 is 5.91 Å². The zero-order chi connectivity index (χ0) is 20.5. The fraction of sp³-hybridized carbons (Fsp3) is 0.458. The molecule has 1 unspecified atom stereocenters. The van der Waals surface area contributed by atoms with Crippen LogP contribution in [0.5, 0.6) is 17.2 Å². The molecule has 1 amide bonds. The Labute approximate surface area is 177 Å². The second-order valence-electron chi connectivity index (χ2n) is 8.40. The molecule has 6 heteroatoms. The van der Waals surface area contributed by atoms with Gasteiger partial charge < -0.3 is 24.0 Å². The van der Waals surface area contributed by atoms with Gasteiger partial charge in [-0.25, -0.2) is 0 Å². The van der Waals surface area contributed by atoms with Gasteiger partial charge in [-0.2, -0.15) is 0 Å². The van der Waals surface area contributed by atoms with E-state index in [4.69, 9.17) is 14.2 Å². The van der Waals surface area contributed by atoms with Crippen molar-refractivity contribution in [3.05, 3.63) is 53.1 Å². The summed E-state index contributed by atoms with van der Waals surface area (Å²) in [7, 11) is 0. The topological polar surface area (TPSA) is 52.4 Å². The smallest absolute Gasteiger partial charge is 0.254 e. The minimum Gasteiger partial charge on any atom is -0.493 e. The van der Waals surface area contributed by atoms with Gasteiger partial charge in [0.25, 0.3) is 5.91 Å². The third-order valence-corrected chi connectivity index (χ3v) is 6.56. The van der Waals surface area contributed by atoms with Gasteiger partial charge in [0.1, 0.15) is 11.8 Å². The van der Waals surface area contributed by atoms with Crippen molar-refractivity contribution in [2.75, 3.05) is 33.0 Å². The number of ether oxygens (including phenoxy) is 3. The number of carbonyl (C=O) groups excluding carboxylic acids is 1. The molecule has 3 aliphatic rings. The van der Waals surface area contributed by atoms with E-state index in [0.29, 0.717) is 19.2 Å². The van der Waals surface area contributed by atoms with Gasteiger partial charge in [-0.05, 0) is 48.4 Å². The fourth-order valence-electron chi connectivity index (χ4n) is 4.92. The molecule has 2 atom stereocenters. The molecule has 0 aromatic heterocycles. The maximum Gasteiger partial charge on any atom is 0.254 e. The third kappa shape index (κ3) is 3.72. The van der Waals surface area contributed by atoms with Crippen molar-refractivity contribution in [2.24, 2.45) is 0 Å². The second kappa shape index (κ2) is 8.19. The SMILES string of the molecule is CC[NH+]1CCC[C@@H]1CN(Cc1ccc2c(c1)OCO2)C(=O)c1ccc2c(c1)CCO2. The van der Waals surface area contributed by atoms with Gasteiger partial charge >= 0.3 is 0 Å². The summed E-state index contributed by atoms with van der Waals surface area (Å²) in [5, 5.41) is 0. The molecular formula is C24H29N2O4+. The predicted octanol–water partition coefficient (Wildman–Crippen LogP) is 2.06. The summed E-state index contributed by atoms with van der Waals surface area (Å²) in [4.78, 5) is 17.2. The summed E-state index contributed by atoms with van der Waals surface area (Å²) in [5.74, 6) is 2.53. The molecule has 1 fully saturated rings. The predicted molar refractivity (Wildman–Crippen MR) is 112 cm³/mol. The maximum atomic E-state index is 13.6. The molecule has 2 aromatic carbocycles. The van der Waals surface area contributed by atoms with Crippen LogP contribution in [0.2, 0.25) is 0 Å². The first-order valence-corrected chi connectivity index (χ1v) is 11.0. The fourth-order valence-corrected chi connectivity index (χ4v) is 4.92. The molecule has 158 valence electrons. The van der Waals surface area contributed by atoms with E-state index in [0.717, 1.165) is 53.4 Å². The van der Waals surface area contributed by atoms with Crippen LogP contribution in [0.1, 0.15) is 41.3 Å². The highest BCUT2D eigenvalue weighted by molar-refractivity contribution is 5.94. The minimum atomic E-state index is 0.0877. The van der Waals surface area contributed by atoms with Crippen LogP contribution in [0.25, 0.3) is 0 Å². The number of fused-ring (bicyclic) bond motifs is 2. The molecule has 2 aromatic rings. The number of quaternary nitrogens is 1. The van der Waals surface area contributed by atoms with Crippen LogP contribution in [-0.2, 0) is 13.0 Å². The van der Waals surface area contributed by atoms with Gasteiger partial charge in [-0.15, -0.1) is 0 Å². The second-order valence-corrected chi connectivity index (χ2v) is 8.40. The molecule has 1 saturated heterocycles. The molecule has 1 N–H and O–H groups in total. The molecule has 6 nitrogen and oxygen atoms in total. The summed E-state index contributed by atoms with van der Waals surface area (Å²) in [5.41, 5.74) is 2.94. The Morgan fingerprint density at radius 3 is 2.87 bits per heavy atom. The molecule has 30 heavy (non-hydrogen) atoms. The van der Waals surface area contributed by atoms with E-state index in [1.165, 1.54) is 19.4 Å².